The summed E-state index contributed by atoms with van der Waals surface area (Å²) in [6.45, 7) is 0. The van der Waals surface area contributed by atoms with Crippen LogP contribution in [0.2, 0.25) is 0 Å². The molecule has 1 heteroatoms. The molecule has 0 amide bonds. The Morgan fingerprint density at radius 1 is 0.792 bits per heavy atom. The molecule has 1 spiro atoms. The summed E-state index contributed by atoms with van der Waals surface area (Å²) in [5.41, 5.74) is 7.01. The Labute approximate surface area is 146 Å². The summed E-state index contributed by atoms with van der Waals surface area (Å²) in [5, 5.41) is 0. The summed E-state index contributed by atoms with van der Waals surface area (Å²) in [4.78, 5) is 0. The van der Waals surface area contributed by atoms with Crippen LogP contribution in [0.25, 0.3) is 0 Å². The van der Waals surface area contributed by atoms with Gasteiger partial charge in [0.1, 0.15) is 6.10 Å². The lowest BCUT2D eigenvalue weighted by atomic mass is 9.61. The first-order chi connectivity index (χ1) is 11.9. The number of hydrogen-bond acceptors (Lipinski definition) is 1. The van der Waals surface area contributed by atoms with Gasteiger partial charge < -0.3 is 4.74 Å². The third kappa shape index (κ3) is 2.24. The van der Waals surface area contributed by atoms with Crippen molar-refractivity contribution in [2.45, 2.75) is 89.3 Å². The van der Waals surface area contributed by atoms with E-state index in [1.807, 2.05) is 5.57 Å². The van der Waals surface area contributed by atoms with Gasteiger partial charge in [0.05, 0.1) is 6.10 Å². The monoisotopic (exact) mass is 322 g/mol. The third-order valence-electron chi connectivity index (χ3n) is 7.37. The van der Waals surface area contributed by atoms with Crippen LogP contribution in [0.5, 0.6) is 0 Å². The minimum absolute atomic E-state index is 0.319. The highest BCUT2D eigenvalue weighted by Crippen LogP contribution is 2.58. The van der Waals surface area contributed by atoms with Crippen LogP contribution < -0.4 is 0 Å². The number of fused-ring (bicyclic) bond motifs is 5. The van der Waals surface area contributed by atoms with Gasteiger partial charge in [0.15, 0.2) is 0 Å². The molecule has 0 N–H and O–H groups in total. The Hall–Kier alpha value is -1.08. The molecule has 3 aliphatic carbocycles. The zero-order valence-corrected chi connectivity index (χ0v) is 14.9. The molecule has 2 fully saturated rings. The van der Waals surface area contributed by atoms with E-state index >= 15 is 0 Å². The van der Waals surface area contributed by atoms with Crippen LogP contribution in [0.15, 0.2) is 46.6 Å². The molecule has 1 nitrogen and oxygen atoms in total. The quantitative estimate of drug-likeness (QED) is 0.484. The van der Waals surface area contributed by atoms with Gasteiger partial charge in [-0.15, -0.1) is 0 Å². The van der Waals surface area contributed by atoms with Crippen LogP contribution in [0.4, 0.5) is 0 Å². The van der Waals surface area contributed by atoms with E-state index in [4.69, 9.17) is 4.74 Å². The van der Waals surface area contributed by atoms with Crippen molar-refractivity contribution in [3.05, 3.63) is 46.6 Å². The predicted octanol–water partition coefficient (Wildman–Crippen LogP) is 6.18. The molecule has 2 atom stereocenters. The van der Waals surface area contributed by atoms with Crippen LogP contribution in [-0.4, -0.2) is 12.2 Å². The first kappa shape index (κ1) is 15.2. The maximum atomic E-state index is 6.87. The summed E-state index contributed by atoms with van der Waals surface area (Å²) >= 11 is 0. The SMILES string of the molecule is C1=CC(=C2CC[C@H]3O[C@@H]2C2=C(CCC2)C32CCCCCCC2)C=C1. The largest absolute Gasteiger partial charge is 0.365 e. The molecule has 0 aromatic carbocycles. The molecule has 0 unspecified atom stereocenters. The fourth-order valence-electron chi connectivity index (χ4n) is 6.29. The smallest absolute Gasteiger partial charge is 0.101 e. The van der Waals surface area contributed by atoms with Gasteiger partial charge in [-0.05, 0) is 61.7 Å². The average Bonchev–Trinajstić information content (AvgIpc) is 3.26. The molecule has 1 saturated heterocycles. The zero-order valence-electron chi connectivity index (χ0n) is 14.9. The summed E-state index contributed by atoms with van der Waals surface area (Å²) in [6.07, 6.45) is 26.2. The van der Waals surface area contributed by atoms with Gasteiger partial charge in [-0.3, -0.25) is 0 Å². The lowest BCUT2D eigenvalue weighted by Gasteiger charge is -2.52. The van der Waals surface area contributed by atoms with E-state index in [1.165, 1.54) is 82.6 Å². The van der Waals surface area contributed by atoms with Crippen molar-refractivity contribution in [1.82, 2.24) is 0 Å². The Balaban J connectivity index is 1.58. The molecule has 0 aromatic heterocycles. The van der Waals surface area contributed by atoms with Gasteiger partial charge in [0, 0.05) is 5.41 Å². The van der Waals surface area contributed by atoms with Crippen LogP contribution in [0, 0.1) is 5.41 Å². The predicted molar refractivity (Wildman–Crippen MR) is 98.8 cm³/mol. The minimum Gasteiger partial charge on any atom is -0.365 e. The third-order valence-corrected chi connectivity index (χ3v) is 7.37. The fourth-order valence-corrected chi connectivity index (χ4v) is 6.29. The van der Waals surface area contributed by atoms with Gasteiger partial charge >= 0.3 is 0 Å². The highest BCUT2D eigenvalue weighted by Gasteiger charge is 2.52. The van der Waals surface area contributed by atoms with Crippen molar-refractivity contribution in [1.29, 1.82) is 0 Å². The molecular formula is C23H30O. The Morgan fingerprint density at radius 3 is 2.33 bits per heavy atom. The van der Waals surface area contributed by atoms with Crippen molar-refractivity contribution in [2.24, 2.45) is 5.41 Å². The van der Waals surface area contributed by atoms with E-state index in [-0.39, 0.29) is 0 Å². The second-order valence-electron chi connectivity index (χ2n) is 8.52. The van der Waals surface area contributed by atoms with E-state index in [1.54, 1.807) is 11.1 Å². The lowest BCUT2D eigenvalue weighted by Crippen LogP contribution is -2.49. The van der Waals surface area contributed by atoms with E-state index in [0.29, 0.717) is 17.6 Å². The van der Waals surface area contributed by atoms with Crippen LogP contribution in [0.3, 0.4) is 0 Å². The first-order valence-electron chi connectivity index (χ1n) is 10.3. The molecule has 24 heavy (non-hydrogen) atoms. The van der Waals surface area contributed by atoms with Gasteiger partial charge in [-0.25, -0.2) is 0 Å². The molecular weight excluding hydrogens is 292 g/mol. The highest BCUT2D eigenvalue weighted by atomic mass is 16.5. The number of allylic oxidation sites excluding steroid dienone is 5. The van der Waals surface area contributed by atoms with Crippen molar-refractivity contribution in [2.75, 3.05) is 0 Å². The molecule has 0 aromatic rings. The molecule has 2 aliphatic heterocycles. The maximum Gasteiger partial charge on any atom is 0.101 e. The first-order valence-corrected chi connectivity index (χ1v) is 10.3. The molecule has 128 valence electrons. The topological polar surface area (TPSA) is 9.23 Å². The fraction of sp³-hybridized carbons (Fsp3) is 0.652. The number of hydrogen-bond donors (Lipinski definition) is 0. The average molecular weight is 322 g/mol. The van der Waals surface area contributed by atoms with E-state index in [2.05, 4.69) is 24.3 Å². The van der Waals surface area contributed by atoms with E-state index in [9.17, 15) is 0 Å². The van der Waals surface area contributed by atoms with Gasteiger partial charge in [0.25, 0.3) is 0 Å². The van der Waals surface area contributed by atoms with E-state index in [0.717, 1.165) is 0 Å². The molecule has 2 heterocycles. The molecule has 2 bridgehead atoms. The van der Waals surface area contributed by atoms with Crippen molar-refractivity contribution < 1.29 is 4.74 Å². The van der Waals surface area contributed by atoms with Gasteiger partial charge in [0.2, 0.25) is 0 Å². The highest BCUT2D eigenvalue weighted by molar-refractivity contribution is 5.50. The van der Waals surface area contributed by atoms with Gasteiger partial charge in [-0.2, -0.15) is 0 Å². The van der Waals surface area contributed by atoms with Crippen molar-refractivity contribution >= 4 is 0 Å². The van der Waals surface area contributed by atoms with Crippen LogP contribution >= 0.6 is 0 Å². The molecule has 0 radical (unpaired) electrons. The van der Waals surface area contributed by atoms with Gasteiger partial charge in [-0.1, -0.05) is 62.0 Å². The summed E-state index contributed by atoms with van der Waals surface area (Å²) in [6, 6.07) is 0. The standard InChI is InChI=1S/C23H30O/c1-2-6-15-23(16-7-3-1)20-12-8-11-19(20)22-18(13-14-21(23)24-22)17-9-4-5-10-17/h4-5,9-10,21-22H,1-3,6-8,11-16H2/t21-,22+/m1/s1. The van der Waals surface area contributed by atoms with Crippen LogP contribution in [-0.2, 0) is 4.74 Å². The maximum absolute atomic E-state index is 6.87. The van der Waals surface area contributed by atoms with Crippen molar-refractivity contribution in [3.63, 3.8) is 0 Å². The second kappa shape index (κ2) is 6.02. The zero-order chi connectivity index (χ0) is 16.0. The van der Waals surface area contributed by atoms with Crippen molar-refractivity contribution in [3.8, 4) is 0 Å². The second-order valence-corrected chi connectivity index (χ2v) is 8.52. The number of rotatable bonds is 0. The Kier molecular flexibility index (Phi) is 3.81. The summed E-state index contributed by atoms with van der Waals surface area (Å²) < 4.78 is 6.87. The summed E-state index contributed by atoms with van der Waals surface area (Å²) in [5.74, 6) is 0. The normalized spacial score (nSPS) is 34.7. The Bertz CT molecular complexity index is 623. The van der Waals surface area contributed by atoms with E-state index < -0.39 is 0 Å². The lowest BCUT2D eigenvalue weighted by molar-refractivity contribution is -0.0912. The molecule has 5 rings (SSSR count). The molecule has 5 aliphatic rings. The minimum atomic E-state index is 0.319. The Morgan fingerprint density at radius 2 is 1.54 bits per heavy atom. The molecule has 1 saturated carbocycles. The number of ether oxygens (including phenoxy) is 1. The summed E-state index contributed by atoms with van der Waals surface area (Å²) in [7, 11) is 0. The van der Waals surface area contributed by atoms with Crippen LogP contribution in [0.1, 0.15) is 77.0 Å².